The number of nitrogens with zero attached hydrogens (tertiary/aromatic N) is 5. The Morgan fingerprint density at radius 1 is 0.721 bits per heavy atom. The molecule has 0 aliphatic carbocycles. The van der Waals surface area contributed by atoms with Crippen LogP contribution in [0.3, 0.4) is 0 Å². The van der Waals surface area contributed by atoms with Crippen LogP contribution in [0.15, 0.2) is 60.9 Å². The summed E-state index contributed by atoms with van der Waals surface area (Å²) in [5.74, 6) is 6.80. The predicted octanol–water partition coefficient (Wildman–Crippen LogP) is 5.24. The van der Waals surface area contributed by atoms with Crippen molar-refractivity contribution >= 4 is 30.1 Å². The molecule has 2 fully saturated rings. The number of H-pyrrole nitrogens is 2. The van der Waals surface area contributed by atoms with E-state index in [1.54, 1.807) is 22.2 Å². The molecular weight excluding hydrogens is 783 g/mol. The maximum absolute atomic E-state index is 13.9. The molecule has 4 atom stereocenters. The van der Waals surface area contributed by atoms with Gasteiger partial charge in [0.25, 0.3) is 0 Å². The van der Waals surface area contributed by atoms with E-state index in [0.717, 1.165) is 40.8 Å². The molecule has 2 aliphatic rings. The summed E-state index contributed by atoms with van der Waals surface area (Å²) in [6.45, 7) is 8.63. The molecule has 0 radical (unpaired) electrons. The average Bonchev–Trinajstić information content (AvgIpc) is 4.08. The van der Waals surface area contributed by atoms with E-state index in [2.05, 4.69) is 37.4 Å². The van der Waals surface area contributed by atoms with Crippen LogP contribution in [0.4, 0.5) is 14.4 Å². The Labute approximate surface area is 354 Å². The Morgan fingerprint density at radius 2 is 1.28 bits per heavy atom. The number of hydrogen-bond acceptors (Lipinski definition) is 10. The largest absolute Gasteiger partial charge is 0.453 e. The maximum atomic E-state index is 13.9. The van der Waals surface area contributed by atoms with Crippen molar-refractivity contribution in [1.82, 2.24) is 45.3 Å². The lowest BCUT2D eigenvalue weighted by Gasteiger charge is -2.41. The highest BCUT2D eigenvalue weighted by atomic mass is 16.5. The third kappa shape index (κ3) is 10.1. The predicted molar refractivity (Wildman–Crippen MR) is 224 cm³/mol. The van der Waals surface area contributed by atoms with Gasteiger partial charge >= 0.3 is 18.3 Å². The summed E-state index contributed by atoms with van der Waals surface area (Å²) in [5.41, 5.74) is 4.83. The van der Waals surface area contributed by atoms with E-state index >= 15 is 0 Å². The number of piperazine rings is 1. The number of carbonyl (C=O) groups excluding carboxylic acids is 5. The molecule has 61 heavy (non-hydrogen) atoms. The lowest BCUT2D eigenvalue weighted by Crippen LogP contribution is -2.58. The van der Waals surface area contributed by atoms with E-state index in [1.807, 2.05) is 76.2 Å². The van der Waals surface area contributed by atoms with Crippen molar-refractivity contribution < 1.29 is 38.2 Å². The van der Waals surface area contributed by atoms with Crippen molar-refractivity contribution in [3.63, 3.8) is 0 Å². The molecule has 0 spiro atoms. The fourth-order valence-electron chi connectivity index (χ4n) is 7.56. The molecule has 2 saturated heterocycles. The topological polar surface area (TPSA) is 204 Å². The number of amides is 5. The summed E-state index contributed by atoms with van der Waals surface area (Å²) in [5, 5.41) is 5.33. The molecule has 6 rings (SSSR count). The van der Waals surface area contributed by atoms with Gasteiger partial charge in [-0.05, 0) is 54.5 Å². The first kappa shape index (κ1) is 43.7. The zero-order chi connectivity index (χ0) is 43.8. The van der Waals surface area contributed by atoms with Gasteiger partial charge < -0.3 is 49.5 Å². The molecule has 4 heterocycles. The Hall–Kier alpha value is -6.83. The lowest BCUT2D eigenvalue weighted by molar-refractivity contribution is -0.139. The smallest absolute Gasteiger partial charge is 0.409 e. The number of ether oxygens (including phenoxy) is 3. The van der Waals surface area contributed by atoms with E-state index in [9.17, 15) is 24.0 Å². The molecule has 17 heteroatoms. The minimum absolute atomic E-state index is 0.121. The van der Waals surface area contributed by atoms with E-state index < -0.39 is 36.4 Å². The van der Waals surface area contributed by atoms with Gasteiger partial charge in [0.1, 0.15) is 29.8 Å². The second kappa shape index (κ2) is 19.5. The normalized spacial score (nSPS) is 17.3. The first-order valence-corrected chi connectivity index (χ1v) is 20.3. The van der Waals surface area contributed by atoms with Gasteiger partial charge in [0.15, 0.2) is 0 Å². The highest BCUT2D eigenvalue weighted by Gasteiger charge is 2.40. The van der Waals surface area contributed by atoms with Gasteiger partial charge in [0.05, 0.1) is 51.5 Å². The second-order valence-electron chi connectivity index (χ2n) is 15.6. The first-order chi connectivity index (χ1) is 29.3. The van der Waals surface area contributed by atoms with Gasteiger partial charge in [-0.3, -0.25) is 9.59 Å². The van der Waals surface area contributed by atoms with Gasteiger partial charge in [-0.25, -0.2) is 24.4 Å². The second-order valence-corrected chi connectivity index (χ2v) is 15.6. The SMILES string of the molecule is COC(=O)N[C@H](C(=O)N1CCN(C(=O)OC)C[C@H]1c1nc(-c2ccc(C#Cc3ccc(-c4cnc([C@@H]5CCCN5C(=O)[C@@H](NC(=O)OC)C(C)C)[nH]4)cc3)cc2)c[nH]1)C(C)C. The molecule has 4 N–H and O–H groups in total. The van der Waals surface area contributed by atoms with Crippen molar-refractivity contribution in [3.05, 3.63) is 83.7 Å². The van der Waals surface area contributed by atoms with E-state index in [0.29, 0.717) is 23.9 Å². The number of imidazole rings is 2. The monoisotopic (exact) mass is 835 g/mol. The number of rotatable bonds is 10. The summed E-state index contributed by atoms with van der Waals surface area (Å²) < 4.78 is 14.5. The standard InChI is InChI=1S/C44H53N9O8/c1-26(2)36(49-42(56)59-5)40(54)52-20-8-9-34(52)38-45-23-32(47-38)30-16-12-28(13-17-30)10-11-29-14-18-31(19-15-29)33-24-46-39(48-33)35-25-51(44(58)61-7)21-22-53(35)41(55)37(27(3)4)50-43(57)60-6/h12-19,23-24,26-27,34-37H,8-9,20-22,25H2,1-7H3,(H,45,47)(H,46,48)(H,49,56)(H,50,57)/t34-,35-,36-,37-/m0/s1. The van der Waals surface area contributed by atoms with Gasteiger partial charge in [-0.2, -0.15) is 0 Å². The summed E-state index contributed by atoms with van der Waals surface area (Å²) >= 11 is 0. The first-order valence-electron chi connectivity index (χ1n) is 20.3. The molecule has 4 aromatic rings. The molecule has 0 unspecified atom stereocenters. The van der Waals surface area contributed by atoms with E-state index in [1.165, 1.54) is 26.2 Å². The molecule has 2 aromatic heterocycles. The van der Waals surface area contributed by atoms with Crippen LogP contribution in [0.2, 0.25) is 0 Å². The maximum Gasteiger partial charge on any atom is 0.409 e. The number of benzene rings is 2. The molecule has 2 aliphatic heterocycles. The number of nitrogens with one attached hydrogen (secondary N) is 4. The van der Waals surface area contributed by atoms with E-state index in [-0.39, 0.29) is 49.3 Å². The van der Waals surface area contributed by atoms with Crippen molar-refractivity contribution in [1.29, 1.82) is 0 Å². The molecule has 17 nitrogen and oxygen atoms in total. The van der Waals surface area contributed by atoms with Crippen LogP contribution in [0, 0.1) is 23.7 Å². The van der Waals surface area contributed by atoms with Gasteiger partial charge in [-0.1, -0.05) is 63.8 Å². The minimum atomic E-state index is -0.846. The average molecular weight is 836 g/mol. The number of likely N-dealkylation sites (tertiary alicyclic amines) is 1. The quantitative estimate of drug-likeness (QED) is 0.121. The number of alkyl carbamates (subject to hydrolysis) is 2. The van der Waals surface area contributed by atoms with Crippen LogP contribution in [0.5, 0.6) is 0 Å². The fourth-order valence-corrected chi connectivity index (χ4v) is 7.56. The zero-order valence-electron chi connectivity index (χ0n) is 35.5. The van der Waals surface area contributed by atoms with Crippen molar-refractivity contribution in [3.8, 4) is 34.4 Å². The van der Waals surface area contributed by atoms with Crippen molar-refractivity contribution in [2.75, 3.05) is 47.5 Å². The molecule has 5 amide bonds. The number of hydrogen-bond donors (Lipinski definition) is 4. The Kier molecular flexibility index (Phi) is 14.0. The molecule has 0 bridgehead atoms. The fraction of sp³-hybridized carbons (Fsp3) is 0.432. The van der Waals surface area contributed by atoms with Gasteiger partial charge in [0.2, 0.25) is 11.8 Å². The molecule has 0 saturated carbocycles. The summed E-state index contributed by atoms with van der Waals surface area (Å²) in [4.78, 5) is 85.0. The van der Waals surface area contributed by atoms with Gasteiger partial charge in [0, 0.05) is 42.5 Å². The van der Waals surface area contributed by atoms with Crippen LogP contribution < -0.4 is 10.6 Å². The number of carbonyl (C=O) groups is 5. The van der Waals surface area contributed by atoms with Crippen LogP contribution in [0.25, 0.3) is 22.5 Å². The Morgan fingerprint density at radius 3 is 1.82 bits per heavy atom. The van der Waals surface area contributed by atoms with Crippen LogP contribution in [-0.4, -0.2) is 124 Å². The summed E-state index contributed by atoms with van der Waals surface area (Å²) in [7, 11) is 3.83. The summed E-state index contributed by atoms with van der Waals surface area (Å²) in [6.07, 6.45) is 3.26. The molecular formula is C44H53N9O8. The highest BCUT2D eigenvalue weighted by Crippen LogP contribution is 2.33. The third-order valence-corrected chi connectivity index (χ3v) is 11.0. The van der Waals surface area contributed by atoms with Crippen LogP contribution in [0.1, 0.15) is 75.4 Å². The number of aromatic nitrogens is 4. The highest BCUT2D eigenvalue weighted by molar-refractivity contribution is 5.87. The number of aromatic amines is 2. The number of methoxy groups -OCH3 is 3. The Balaban J connectivity index is 1.12. The lowest BCUT2D eigenvalue weighted by atomic mass is 10.0. The third-order valence-electron chi connectivity index (χ3n) is 11.0. The molecule has 2 aromatic carbocycles. The van der Waals surface area contributed by atoms with Crippen molar-refractivity contribution in [2.45, 2.75) is 64.7 Å². The van der Waals surface area contributed by atoms with E-state index in [4.69, 9.17) is 19.2 Å². The molecule has 322 valence electrons. The summed E-state index contributed by atoms with van der Waals surface area (Å²) in [6, 6.07) is 13.1. The Bertz CT molecular complexity index is 2260. The van der Waals surface area contributed by atoms with Gasteiger partial charge in [-0.15, -0.1) is 0 Å². The van der Waals surface area contributed by atoms with Crippen LogP contribution >= 0.6 is 0 Å². The zero-order valence-corrected chi connectivity index (χ0v) is 35.5. The van der Waals surface area contributed by atoms with Crippen molar-refractivity contribution in [2.24, 2.45) is 11.8 Å². The minimum Gasteiger partial charge on any atom is -0.453 e. The van der Waals surface area contributed by atoms with Crippen LogP contribution in [-0.2, 0) is 23.8 Å².